The molecule has 1 aliphatic carbocycles. The van der Waals surface area contributed by atoms with Gasteiger partial charge < -0.3 is 5.11 Å². The Balaban J connectivity index is 2.85. The van der Waals surface area contributed by atoms with Crippen LogP contribution < -0.4 is 0 Å². The Labute approximate surface area is 72.8 Å². The molecule has 0 aliphatic heterocycles. The van der Waals surface area contributed by atoms with Crippen molar-refractivity contribution in [3.8, 4) is 0 Å². The lowest BCUT2D eigenvalue weighted by atomic mass is 9.97. The van der Waals surface area contributed by atoms with Gasteiger partial charge in [0, 0.05) is 5.57 Å². The number of aliphatic hydroxyl groups is 1. The van der Waals surface area contributed by atoms with Crippen LogP contribution in [0.4, 0.5) is 13.2 Å². The van der Waals surface area contributed by atoms with Crippen LogP contribution in [0, 0.1) is 0 Å². The van der Waals surface area contributed by atoms with Gasteiger partial charge in [0.1, 0.15) is 0 Å². The lowest BCUT2D eigenvalue weighted by Crippen LogP contribution is -2.26. The summed E-state index contributed by atoms with van der Waals surface area (Å²) in [6, 6.07) is 0. The first-order chi connectivity index (χ1) is 5.31. The molecule has 0 saturated carbocycles. The van der Waals surface area contributed by atoms with Crippen molar-refractivity contribution in [3.63, 3.8) is 0 Å². The van der Waals surface area contributed by atoms with Crippen LogP contribution in [0.25, 0.3) is 0 Å². The van der Waals surface area contributed by atoms with Gasteiger partial charge >= 0.3 is 6.18 Å². The molecule has 5 heteroatoms. The van der Waals surface area contributed by atoms with E-state index in [1.54, 1.807) is 0 Å². The fourth-order valence-corrected chi connectivity index (χ4v) is 1.43. The van der Waals surface area contributed by atoms with Crippen LogP contribution in [-0.4, -0.2) is 16.3 Å². The Kier molecular flexibility index (Phi) is 2.40. The van der Waals surface area contributed by atoms with E-state index in [2.05, 4.69) is 0 Å². The van der Waals surface area contributed by atoms with E-state index >= 15 is 0 Å². The monoisotopic (exact) mass is 200 g/mol. The van der Waals surface area contributed by atoms with E-state index in [0.717, 1.165) is 0 Å². The summed E-state index contributed by atoms with van der Waals surface area (Å²) in [5, 5.41) is 7.29. The summed E-state index contributed by atoms with van der Waals surface area (Å²) in [5.74, 6) is 0. The van der Waals surface area contributed by atoms with Gasteiger partial charge in [0.25, 0.3) is 0 Å². The average molecular weight is 201 g/mol. The highest BCUT2D eigenvalue weighted by Gasteiger charge is 2.38. The maximum Gasteiger partial charge on any atom is 0.412 e. The lowest BCUT2D eigenvalue weighted by Gasteiger charge is -2.24. The fourth-order valence-electron chi connectivity index (χ4n) is 1.16. The van der Waals surface area contributed by atoms with Crippen LogP contribution in [0.5, 0.6) is 0 Å². The van der Waals surface area contributed by atoms with Crippen LogP contribution in [0.15, 0.2) is 11.6 Å². The first-order valence-corrected chi connectivity index (χ1v) is 3.89. The van der Waals surface area contributed by atoms with Crippen molar-refractivity contribution in [1.82, 2.24) is 0 Å². The zero-order valence-corrected chi connectivity index (χ0v) is 6.91. The second-order valence-corrected chi connectivity index (χ2v) is 3.49. The van der Waals surface area contributed by atoms with Crippen molar-refractivity contribution < 1.29 is 18.3 Å². The van der Waals surface area contributed by atoms with Crippen molar-refractivity contribution >= 4 is 11.6 Å². The molecule has 0 saturated heterocycles. The minimum atomic E-state index is -4.36. The Morgan fingerprint density at radius 2 is 2.08 bits per heavy atom. The number of hydrogen-bond donors (Lipinski definition) is 1. The highest BCUT2D eigenvalue weighted by Crippen LogP contribution is 2.37. The molecule has 12 heavy (non-hydrogen) atoms. The van der Waals surface area contributed by atoms with Crippen LogP contribution in [-0.2, 0) is 0 Å². The smallest absolute Gasteiger partial charge is 0.371 e. The van der Waals surface area contributed by atoms with Gasteiger partial charge in [-0.05, 0) is 25.3 Å². The van der Waals surface area contributed by atoms with Gasteiger partial charge in [-0.1, -0.05) is 11.6 Å². The zero-order chi connectivity index (χ0) is 9.41. The van der Waals surface area contributed by atoms with Crippen LogP contribution in [0.1, 0.15) is 19.3 Å². The quantitative estimate of drug-likeness (QED) is 0.471. The molecule has 0 aromatic rings. The van der Waals surface area contributed by atoms with Gasteiger partial charge in [-0.25, -0.2) is 0 Å². The normalized spacial score (nSPS) is 31.6. The fraction of sp³-hybridized carbons (Fsp3) is 0.714. The van der Waals surface area contributed by atoms with E-state index < -0.39 is 16.8 Å². The second kappa shape index (κ2) is 2.92. The molecular weight excluding hydrogens is 193 g/mol. The predicted molar refractivity (Wildman–Crippen MR) is 38.8 cm³/mol. The van der Waals surface area contributed by atoms with Crippen LogP contribution in [0.2, 0.25) is 0 Å². The number of allylic oxidation sites excluding steroid dienone is 1. The third-order valence-electron chi connectivity index (χ3n) is 1.73. The van der Waals surface area contributed by atoms with E-state index in [9.17, 15) is 13.2 Å². The second-order valence-electron chi connectivity index (χ2n) is 2.84. The third kappa shape index (κ3) is 2.38. The summed E-state index contributed by atoms with van der Waals surface area (Å²) in [7, 11) is 0. The Morgan fingerprint density at radius 3 is 2.42 bits per heavy atom. The van der Waals surface area contributed by atoms with Gasteiger partial charge in [-0.15, -0.1) is 0 Å². The largest absolute Gasteiger partial charge is 0.412 e. The standard InChI is InChI=1S/C7H8ClF3O/c8-6(12)3-1-2-5(4-6)7(9,10)11/h4,12H,1-3H2. The van der Waals surface area contributed by atoms with E-state index in [0.29, 0.717) is 6.08 Å². The summed E-state index contributed by atoms with van der Waals surface area (Å²) in [6.07, 6.45) is -3.28. The highest BCUT2D eigenvalue weighted by atomic mass is 35.5. The molecule has 1 nitrogen and oxygen atoms in total. The number of halogens is 4. The van der Waals surface area contributed by atoms with E-state index in [-0.39, 0.29) is 19.3 Å². The SMILES string of the molecule is OC1(Cl)C=C(C(F)(F)F)CCC1. The topological polar surface area (TPSA) is 20.2 Å². The molecule has 0 spiro atoms. The van der Waals surface area contributed by atoms with Gasteiger partial charge in [0.2, 0.25) is 0 Å². The summed E-state index contributed by atoms with van der Waals surface area (Å²) in [6.45, 7) is 0. The first-order valence-electron chi connectivity index (χ1n) is 3.51. The molecule has 0 bridgehead atoms. The minimum absolute atomic E-state index is 0.0570. The molecule has 0 aromatic carbocycles. The zero-order valence-electron chi connectivity index (χ0n) is 6.16. The Hall–Kier alpha value is -0.220. The van der Waals surface area contributed by atoms with E-state index in [4.69, 9.17) is 16.7 Å². The molecule has 70 valence electrons. The summed E-state index contributed by atoms with van der Waals surface area (Å²) in [5.41, 5.74) is -0.730. The molecule has 0 amide bonds. The van der Waals surface area contributed by atoms with Crippen molar-refractivity contribution in [3.05, 3.63) is 11.6 Å². The molecule has 0 heterocycles. The van der Waals surface area contributed by atoms with Gasteiger partial charge in [-0.2, -0.15) is 13.2 Å². The molecular formula is C7H8ClF3O. The molecule has 1 aliphatic rings. The van der Waals surface area contributed by atoms with Crippen molar-refractivity contribution in [2.75, 3.05) is 0 Å². The maximum absolute atomic E-state index is 12.0. The third-order valence-corrected chi connectivity index (χ3v) is 2.03. The summed E-state index contributed by atoms with van der Waals surface area (Å²) in [4.78, 5) is 0. The summed E-state index contributed by atoms with van der Waals surface area (Å²) >= 11 is 5.35. The van der Waals surface area contributed by atoms with Crippen LogP contribution in [0.3, 0.4) is 0 Å². The Morgan fingerprint density at radius 1 is 1.50 bits per heavy atom. The molecule has 0 aromatic heterocycles. The highest BCUT2D eigenvalue weighted by molar-refractivity contribution is 6.24. The first kappa shape index (κ1) is 9.86. The molecule has 1 unspecified atom stereocenters. The molecule has 1 N–H and O–H groups in total. The van der Waals surface area contributed by atoms with Gasteiger partial charge in [0.15, 0.2) is 5.06 Å². The molecule has 0 radical (unpaired) electrons. The van der Waals surface area contributed by atoms with E-state index in [1.807, 2.05) is 0 Å². The van der Waals surface area contributed by atoms with Crippen molar-refractivity contribution in [2.45, 2.75) is 30.5 Å². The summed E-state index contributed by atoms with van der Waals surface area (Å²) < 4.78 is 36.1. The van der Waals surface area contributed by atoms with Crippen molar-refractivity contribution in [2.24, 2.45) is 0 Å². The van der Waals surface area contributed by atoms with Crippen LogP contribution >= 0.6 is 11.6 Å². The van der Waals surface area contributed by atoms with Gasteiger partial charge in [-0.3, -0.25) is 0 Å². The number of rotatable bonds is 0. The molecule has 0 fully saturated rings. The maximum atomic E-state index is 12.0. The number of alkyl halides is 4. The molecule has 1 rings (SSSR count). The van der Waals surface area contributed by atoms with Gasteiger partial charge in [0.05, 0.1) is 0 Å². The minimum Gasteiger partial charge on any atom is -0.371 e. The Bertz CT molecular complexity index is 207. The lowest BCUT2D eigenvalue weighted by molar-refractivity contribution is -0.0969. The predicted octanol–water partition coefficient (Wildman–Crippen LogP) is 2.59. The van der Waals surface area contributed by atoms with Crippen molar-refractivity contribution in [1.29, 1.82) is 0 Å². The average Bonchev–Trinajstić information content (AvgIpc) is 1.83. The van der Waals surface area contributed by atoms with E-state index in [1.165, 1.54) is 0 Å². The molecule has 1 atom stereocenters. The number of hydrogen-bond acceptors (Lipinski definition) is 1.